The average molecular weight is 232 g/mol. The van der Waals surface area contributed by atoms with E-state index in [-0.39, 0.29) is 0 Å². The molecule has 0 bridgehead atoms. The minimum Gasteiger partial charge on any atom is -0.393 e. The Morgan fingerprint density at radius 1 is 1.50 bits per heavy atom. The summed E-state index contributed by atoms with van der Waals surface area (Å²) in [7, 11) is 0. The number of hydrogen-bond donors (Lipinski definition) is 1. The van der Waals surface area contributed by atoms with Crippen molar-refractivity contribution in [2.45, 2.75) is 19.8 Å². The van der Waals surface area contributed by atoms with E-state index in [2.05, 4.69) is 11.8 Å². The molecule has 1 aliphatic rings. The maximum atomic E-state index is 5.64. The second-order valence-corrected chi connectivity index (χ2v) is 5.58. The van der Waals surface area contributed by atoms with Crippen molar-refractivity contribution in [3.8, 4) is 0 Å². The van der Waals surface area contributed by atoms with Gasteiger partial charge in [0.15, 0.2) is 0 Å². The molecule has 14 heavy (non-hydrogen) atoms. The Morgan fingerprint density at radius 3 is 2.64 bits per heavy atom. The molecular formula is C10H20N2S2. The van der Waals surface area contributed by atoms with Crippen LogP contribution < -0.4 is 5.73 Å². The van der Waals surface area contributed by atoms with Gasteiger partial charge in [-0.15, -0.1) is 0 Å². The normalized spacial score (nSPS) is 19.8. The summed E-state index contributed by atoms with van der Waals surface area (Å²) >= 11 is 7.03. The fourth-order valence-corrected chi connectivity index (χ4v) is 2.69. The van der Waals surface area contributed by atoms with Gasteiger partial charge >= 0.3 is 0 Å². The van der Waals surface area contributed by atoms with Crippen molar-refractivity contribution in [3.63, 3.8) is 0 Å². The predicted octanol–water partition coefficient (Wildman–Crippen LogP) is 1.74. The van der Waals surface area contributed by atoms with E-state index in [1.807, 2.05) is 11.8 Å². The lowest BCUT2D eigenvalue weighted by Crippen LogP contribution is -2.38. The minimum atomic E-state index is 0.500. The van der Waals surface area contributed by atoms with Crippen LogP contribution in [0, 0.1) is 5.92 Å². The van der Waals surface area contributed by atoms with Crippen LogP contribution in [0.1, 0.15) is 19.8 Å². The molecule has 0 unspecified atom stereocenters. The molecule has 4 heteroatoms. The summed E-state index contributed by atoms with van der Waals surface area (Å²) in [6.07, 6.45) is 2.32. The van der Waals surface area contributed by atoms with Gasteiger partial charge in [0, 0.05) is 18.2 Å². The van der Waals surface area contributed by atoms with Gasteiger partial charge in [-0.2, -0.15) is 11.8 Å². The summed E-state index contributed by atoms with van der Waals surface area (Å²) in [4.78, 5) is 3.24. The topological polar surface area (TPSA) is 29.3 Å². The van der Waals surface area contributed by atoms with Gasteiger partial charge in [0.05, 0.1) is 4.99 Å². The summed E-state index contributed by atoms with van der Waals surface area (Å²) in [6, 6.07) is 0. The van der Waals surface area contributed by atoms with E-state index >= 15 is 0 Å². The lowest BCUT2D eigenvalue weighted by molar-refractivity contribution is 0.221. The highest BCUT2D eigenvalue weighted by Crippen LogP contribution is 2.17. The Kier molecular flexibility index (Phi) is 5.82. The Morgan fingerprint density at radius 2 is 2.14 bits per heavy atom. The van der Waals surface area contributed by atoms with E-state index in [1.165, 1.54) is 31.1 Å². The monoisotopic (exact) mass is 232 g/mol. The molecule has 0 aliphatic carbocycles. The second-order valence-electron chi connectivity index (χ2n) is 3.72. The first kappa shape index (κ1) is 12.3. The summed E-state index contributed by atoms with van der Waals surface area (Å²) in [5.74, 6) is 2.98. The molecule has 0 radical (unpaired) electrons. The molecule has 82 valence electrons. The summed E-state index contributed by atoms with van der Waals surface area (Å²) < 4.78 is 0. The van der Waals surface area contributed by atoms with E-state index in [0.717, 1.165) is 12.8 Å². The summed E-state index contributed by atoms with van der Waals surface area (Å²) in [5.41, 5.74) is 5.64. The zero-order valence-electron chi connectivity index (χ0n) is 8.87. The van der Waals surface area contributed by atoms with Crippen LogP contribution in [0.4, 0.5) is 0 Å². The molecular weight excluding hydrogens is 212 g/mol. The molecule has 0 amide bonds. The molecule has 0 saturated carbocycles. The molecule has 1 saturated heterocycles. The van der Waals surface area contributed by atoms with Crippen LogP contribution in [0.2, 0.25) is 0 Å². The third-order valence-electron chi connectivity index (χ3n) is 2.75. The quantitative estimate of drug-likeness (QED) is 0.577. The molecule has 2 N–H and O–H groups in total. The smallest absolute Gasteiger partial charge is 0.0759 e. The number of thioether (sulfide) groups is 1. The number of nitrogens with zero attached hydrogens (tertiary/aromatic N) is 1. The fraction of sp³-hybridized carbons (Fsp3) is 0.900. The van der Waals surface area contributed by atoms with Crippen molar-refractivity contribution in [3.05, 3.63) is 0 Å². The van der Waals surface area contributed by atoms with Crippen molar-refractivity contribution < 1.29 is 0 Å². The standard InChI is InChI=1S/C10H20N2S2/c1-2-14-8-7-12-5-3-9(4-6-12)10(11)13/h9H,2-8H2,1H3,(H2,11,13). The first-order valence-corrected chi connectivity index (χ1v) is 6.89. The summed E-state index contributed by atoms with van der Waals surface area (Å²) in [6.45, 7) is 5.78. The average Bonchev–Trinajstić information content (AvgIpc) is 2.19. The van der Waals surface area contributed by atoms with Crippen molar-refractivity contribution in [1.29, 1.82) is 0 Å². The van der Waals surface area contributed by atoms with Gasteiger partial charge in [-0.3, -0.25) is 0 Å². The first-order chi connectivity index (χ1) is 6.74. The van der Waals surface area contributed by atoms with Gasteiger partial charge in [0.1, 0.15) is 0 Å². The Hall–Kier alpha value is 0.200. The van der Waals surface area contributed by atoms with E-state index in [0.29, 0.717) is 10.9 Å². The van der Waals surface area contributed by atoms with Crippen LogP contribution in [0.3, 0.4) is 0 Å². The van der Waals surface area contributed by atoms with Crippen molar-refractivity contribution in [2.75, 3.05) is 31.1 Å². The molecule has 1 heterocycles. The molecule has 0 aromatic heterocycles. The Balaban J connectivity index is 2.12. The van der Waals surface area contributed by atoms with Crippen LogP contribution in [0.15, 0.2) is 0 Å². The van der Waals surface area contributed by atoms with Gasteiger partial charge in [0.2, 0.25) is 0 Å². The highest BCUT2D eigenvalue weighted by Gasteiger charge is 2.20. The molecule has 2 nitrogen and oxygen atoms in total. The van der Waals surface area contributed by atoms with Crippen molar-refractivity contribution in [1.82, 2.24) is 4.90 Å². The Bertz CT molecular complexity index is 177. The lowest BCUT2D eigenvalue weighted by Gasteiger charge is -2.31. The third kappa shape index (κ3) is 4.15. The molecule has 1 aliphatic heterocycles. The molecule has 1 fully saturated rings. The van der Waals surface area contributed by atoms with E-state index in [1.54, 1.807) is 0 Å². The number of thiocarbonyl (C=S) groups is 1. The van der Waals surface area contributed by atoms with Gasteiger partial charge in [0.25, 0.3) is 0 Å². The second kappa shape index (κ2) is 6.64. The van der Waals surface area contributed by atoms with Crippen LogP contribution in [-0.4, -0.2) is 41.0 Å². The maximum Gasteiger partial charge on any atom is 0.0759 e. The number of likely N-dealkylation sites (tertiary alicyclic amines) is 1. The van der Waals surface area contributed by atoms with Gasteiger partial charge < -0.3 is 10.6 Å². The van der Waals surface area contributed by atoms with Crippen LogP contribution in [-0.2, 0) is 0 Å². The largest absolute Gasteiger partial charge is 0.393 e. The molecule has 0 aromatic carbocycles. The van der Waals surface area contributed by atoms with Crippen molar-refractivity contribution >= 4 is 29.0 Å². The van der Waals surface area contributed by atoms with Gasteiger partial charge in [-0.25, -0.2) is 0 Å². The highest BCUT2D eigenvalue weighted by molar-refractivity contribution is 7.99. The lowest BCUT2D eigenvalue weighted by atomic mass is 9.97. The molecule has 0 spiro atoms. The molecule has 0 aromatic rings. The number of nitrogens with two attached hydrogens (primary N) is 1. The van der Waals surface area contributed by atoms with E-state index in [4.69, 9.17) is 18.0 Å². The van der Waals surface area contributed by atoms with Crippen LogP contribution in [0.25, 0.3) is 0 Å². The molecule has 0 atom stereocenters. The number of piperidine rings is 1. The Labute approximate surface area is 96.6 Å². The third-order valence-corrected chi connectivity index (χ3v) is 3.96. The van der Waals surface area contributed by atoms with Crippen LogP contribution in [0.5, 0.6) is 0 Å². The van der Waals surface area contributed by atoms with Crippen molar-refractivity contribution in [2.24, 2.45) is 11.7 Å². The highest BCUT2D eigenvalue weighted by atomic mass is 32.2. The zero-order valence-corrected chi connectivity index (χ0v) is 10.5. The van der Waals surface area contributed by atoms with Gasteiger partial charge in [-0.1, -0.05) is 19.1 Å². The fourth-order valence-electron chi connectivity index (χ4n) is 1.78. The number of hydrogen-bond acceptors (Lipinski definition) is 3. The van der Waals surface area contributed by atoms with Crippen LogP contribution >= 0.6 is 24.0 Å². The van der Waals surface area contributed by atoms with Gasteiger partial charge in [-0.05, 0) is 31.7 Å². The summed E-state index contributed by atoms with van der Waals surface area (Å²) in [5, 5.41) is 0. The predicted molar refractivity (Wildman–Crippen MR) is 68.9 cm³/mol. The first-order valence-electron chi connectivity index (χ1n) is 5.33. The minimum absolute atomic E-state index is 0.500. The van der Waals surface area contributed by atoms with E-state index in [9.17, 15) is 0 Å². The maximum absolute atomic E-state index is 5.64. The zero-order chi connectivity index (χ0) is 10.4. The number of rotatable bonds is 5. The van der Waals surface area contributed by atoms with E-state index < -0.39 is 0 Å². The SMILES string of the molecule is CCSCCN1CCC(C(N)=S)CC1. The molecule has 1 rings (SSSR count).